The number of aromatic nitrogens is 1. The van der Waals surface area contributed by atoms with Gasteiger partial charge in [-0.15, -0.1) is 0 Å². The zero-order valence-electron chi connectivity index (χ0n) is 38.3. The van der Waals surface area contributed by atoms with Crippen LogP contribution in [-0.2, 0) is 10.8 Å². The van der Waals surface area contributed by atoms with E-state index in [9.17, 15) is 0 Å². The number of fused-ring (bicyclic) bond motifs is 10. The van der Waals surface area contributed by atoms with Crippen molar-refractivity contribution in [1.29, 1.82) is 0 Å². The zero-order valence-corrected chi connectivity index (χ0v) is 38.3. The summed E-state index contributed by atoms with van der Waals surface area (Å²) in [5.41, 5.74) is 22.7. The molecule has 0 saturated heterocycles. The van der Waals surface area contributed by atoms with Crippen LogP contribution in [-0.4, -0.2) is 11.3 Å². The molecule has 0 spiro atoms. The predicted octanol–water partition coefficient (Wildman–Crippen LogP) is 14.9. The maximum absolute atomic E-state index is 6.80. The van der Waals surface area contributed by atoms with E-state index in [2.05, 4.69) is 239 Å². The van der Waals surface area contributed by atoms with E-state index in [0.717, 1.165) is 27.6 Å². The first kappa shape index (κ1) is 38.9. The highest BCUT2D eigenvalue weighted by atomic mass is 16.3. The van der Waals surface area contributed by atoms with E-state index in [1.165, 1.54) is 99.8 Å². The summed E-state index contributed by atoms with van der Waals surface area (Å²) in [6.45, 7) is 14.0. The maximum Gasteiger partial charge on any atom is 0.252 e. The summed E-state index contributed by atoms with van der Waals surface area (Å²) >= 11 is 0. The lowest BCUT2D eigenvalue weighted by atomic mass is 9.33. The van der Waals surface area contributed by atoms with Gasteiger partial charge in [0.2, 0.25) is 0 Å². The largest absolute Gasteiger partial charge is 0.456 e. The van der Waals surface area contributed by atoms with E-state index in [-0.39, 0.29) is 17.5 Å². The van der Waals surface area contributed by atoms with Crippen LogP contribution < -0.4 is 21.3 Å². The van der Waals surface area contributed by atoms with Crippen LogP contribution in [0.25, 0.3) is 82.8 Å². The molecule has 4 heteroatoms. The van der Waals surface area contributed by atoms with Gasteiger partial charge in [0.05, 0.1) is 11.2 Å². The first-order valence-corrected chi connectivity index (χ1v) is 23.4. The molecule has 0 amide bonds. The van der Waals surface area contributed by atoms with Crippen molar-refractivity contribution < 1.29 is 4.42 Å². The van der Waals surface area contributed by atoms with Crippen molar-refractivity contribution in [3.8, 4) is 39.1 Å². The lowest BCUT2D eigenvalue weighted by Crippen LogP contribution is -2.60. The van der Waals surface area contributed by atoms with Crippen molar-refractivity contribution >= 4 is 83.9 Å². The van der Waals surface area contributed by atoms with Crippen molar-refractivity contribution in [2.75, 3.05) is 4.90 Å². The minimum atomic E-state index is -0.0811. The highest BCUT2D eigenvalue weighted by Gasteiger charge is 2.44. The van der Waals surface area contributed by atoms with E-state index in [4.69, 9.17) is 4.42 Å². The summed E-state index contributed by atoms with van der Waals surface area (Å²) in [6, 6.07) is 70.2. The lowest BCUT2D eigenvalue weighted by molar-refractivity contribution is 0.590. The maximum atomic E-state index is 6.80. The number of furan rings is 1. The molecule has 9 aromatic carbocycles. The molecule has 0 bridgehead atoms. The number of nitrogens with zero attached hydrogens (tertiary/aromatic N) is 2. The van der Waals surface area contributed by atoms with E-state index >= 15 is 0 Å². The fourth-order valence-corrected chi connectivity index (χ4v) is 11.1. The van der Waals surface area contributed by atoms with Gasteiger partial charge in [0.1, 0.15) is 11.2 Å². The van der Waals surface area contributed by atoms with Crippen LogP contribution in [0, 0.1) is 0 Å². The van der Waals surface area contributed by atoms with Crippen LogP contribution in [0.4, 0.5) is 17.1 Å². The molecular formula is C62H49BN2O. The second-order valence-corrected chi connectivity index (χ2v) is 20.6. The molecule has 2 aromatic heterocycles. The molecule has 13 rings (SSSR count). The molecule has 3 nitrogen and oxygen atoms in total. The highest BCUT2D eigenvalue weighted by Crippen LogP contribution is 2.48. The average molecular weight is 849 g/mol. The molecule has 66 heavy (non-hydrogen) atoms. The summed E-state index contributed by atoms with van der Waals surface area (Å²) in [6.07, 6.45) is 0. The summed E-state index contributed by atoms with van der Waals surface area (Å²) in [4.78, 5) is 2.58. The third-order valence-corrected chi connectivity index (χ3v) is 14.5. The quantitative estimate of drug-likeness (QED) is 0.165. The molecule has 0 aliphatic carbocycles. The molecule has 0 N–H and O–H groups in total. The Hall–Kier alpha value is -7.56. The Balaban J connectivity index is 1.18. The van der Waals surface area contributed by atoms with Crippen molar-refractivity contribution in [3.05, 3.63) is 199 Å². The first-order chi connectivity index (χ1) is 32.0. The number of para-hydroxylation sites is 2. The second-order valence-electron chi connectivity index (χ2n) is 20.6. The summed E-state index contributed by atoms with van der Waals surface area (Å²) < 4.78 is 9.40. The Morgan fingerprint density at radius 2 is 1.02 bits per heavy atom. The minimum Gasteiger partial charge on any atom is -0.456 e. The molecule has 0 radical (unpaired) electrons. The molecular weight excluding hydrogens is 800 g/mol. The van der Waals surface area contributed by atoms with Crippen LogP contribution in [0.1, 0.15) is 52.7 Å². The van der Waals surface area contributed by atoms with Gasteiger partial charge in [0, 0.05) is 49.7 Å². The standard InChI is InChI=1S/C62H49BN2O/c1-61(2,3)43-29-30-53-47(33-43)49-34-44(62(4,5)6)35-51-60(49)65(53)56-32-42(39-19-11-8-12-20-39)31-55-59(56)63(51)50-37-58-48(46-22-14-16-24-57(46)66-58)36-54(50)64(55)52-23-15-13-21-45(52)41-27-25-40(26-28-41)38-17-9-7-10-18-38/h7-37H,1-6H3. The Bertz CT molecular complexity index is 3770. The van der Waals surface area contributed by atoms with Gasteiger partial charge in [-0.3, -0.25) is 0 Å². The van der Waals surface area contributed by atoms with Crippen LogP contribution in [0.15, 0.2) is 192 Å². The Kier molecular flexibility index (Phi) is 8.23. The fourth-order valence-electron chi connectivity index (χ4n) is 11.1. The highest BCUT2D eigenvalue weighted by molar-refractivity contribution is 7.00. The number of hydrogen-bond donors (Lipinski definition) is 0. The van der Waals surface area contributed by atoms with Gasteiger partial charge in [-0.1, -0.05) is 175 Å². The van der Waals surface area contributed by atoms with E-state index < -0.39 is 0 Å². The number of hydrogen-bond acceptors (Lipinski definition) is 2. The third kappa shape index (κ3) is 5.77. The molecule has 11 aromatic rings. The second kappa shape index (κ2) is 14.0. The smallest absolute Gasteiger partial charge is 0.252 e. The van der Waals surface area contributed by atoms with Gasteiger partial charge in [0.25, 0.3) is 6.71 Å². The van der Waals surface area contributed by atoms with Crippen molar-refractivity contribution in [2.45, 2.75) is 52.4 Å². The molecule has 0 unspecified atom stereocenters. The average Bonchev–Trinajstić information content (AvgIpc) is 3.87. The third-order valence-electron chi connectivity index (χ3n) is 14.5. The SMILES string of the molecule is CC(C)(C)c1ccc2c(c1)c1cc(C(C)(C)C)cc3c1n2-c1cc(-c2ccccc2)cc2c1B3c1cc3oc4ccccc4c3cc1N2c1ccccc1-c1ccc(-c2ccccc2)cc1. The van der Waals surface area contributed by atoms with Gasteiger partial charge in [-0.05, 0) is 121 Å². The molecule has 0 saturated carbocycles. The fraction of sp³-hybridized carbons (Fsp3) is 0.129. The van der Waals surface area contributed by atoms with Crippen LogP contribution in [0.3, 0.4) is 0 Å². The van der Waals surface area contributed by atoms with Gasteiger partial charge in [-0.2, -0.15) is 0 Å². The van der Waals surface area contributed by atoms with Crippen molar-refractivity contribution in [3.63, 3.8) is 0 Å². The number of benzene rings is 9. The van der Waals surface area contributed by atoms with Gasteiger partial charge < -0.3 is 13.9 Å². The Morgan fingerprint density at radius 3 is 1.76 bits per heavy atom. The Morgan fingerprint density at radius 1 is 0.394 bits per heavy atom. The van der Waals surface area contributed by atoms with E-state index in [0.29, 0.717) is 0 Å². The summed E-state index contributed by atoms with van der Waals surface area (Å²) in [5, 5.41) is 4.86. The number of anilines is 3. The summed E-state index contributed by atoms with van der Waals surface area (Å²) in [5.74, 6) is 0. The monoisotopic (exact) mass is 848 g/mol. The summed E-state index contributed by atoms with van der Waals surface area (Å²) in [7, 11) is 0. The first-order valence-electron chi connectivity index (χ1n) is 23.4. The number of rotatable bonds is 4. The topological polar surface area (TPSA) is 21.3 Å². The van der Waals surface area contributed by atoms with Gasteiger partial charge in [0.15, 0.2) is 0 Å². The van der Waals surface area contributed by atoms with E-state index in [1.807, 2.05) is 0 Å². The molecule has 0 fully saturated rings. The van der Waals surface area contributed by atoms with Gasteiger partial charge >= 0.3 is 0 Å². The van der Waals surface area contributed by atoms with Crippen molar-refractivity contribution in [2.24, 2.45) is 0 Å². The molecule has 316 valence electrons. The minimum absolute atomic E-state index is 0.00305. The Labute approximate surface area is 386 Å². The van der Waals surface area contributed by atoms with Crippen molar-refractivity contribution in [1.82, 2.24) is 4.57 Å². The van der Waals surface area contributed by atoms with Crippen LogP contribution in [0.5, 0.6) is 0 Å². The molecule has 2 aliphatic rings. The van der Waals surface area contributed by atoms with Crippen LogP contribution in [0.2, 0.25) is 0 Å². The molecule has 2 aliphatic heterocycles. The zero-order chi connectivity index (χ0) is 44.6. The van der Waals surface area contributed by atoms with E-state index in [1.54, 1.807) is 0 Å². The van der Waals surface area contributed by atoms with Crippen LogP contribution >= 0.6 is 0 Å². The normalized spacial score (nSPS) is 13.2. The molecule has 0 atom stereocenters. The predicted molar refractivity (Wildman–Crippen MR) is 281 cm³/mol. The molecule has 4 heterocycles. The van der Waals surface area contributed by atoms with Gasteiger partial charge in [-0.25, -0.2) is 0 Å². The lowest BCUT2D eigenvalue weighted by Gasteiger charge is -2.41.